The van der Waals surface area contributed by atoms with Crippen LogP contribution < -0.4 is 9.47 Å². The first-order valence-corrected chi connectivity index (χ1v) is 13.5. The van der Waals surface area contributed by atoms with Crippen LogP contribution in [-0.4, -0.2) is 6.61 Å². The second-order valence-electron chi connectivity index (χ2n) is 9.73. The summed E-state index contributed by atoms with van der Waals surface area (Å²) in [6.45, 7) is 2.00. The number of alkyl halides is 5. The predicted octanol–water partition coefficient (Wildman–Crippen LogP) is 9.65. The Morgan fingerprint density at radius 3 is 1.53 bits per heavy atom. The van der Waals surface area contributed by atoms with E-state index in [1.54, 1.807) is 0 Å². The van der Waals surface area contributed by atoms with Gasteiger partial charge in [0, 0.05) is 28.8 Å². The molecule has 0 fully saturated rings. The van der Waals surface area contributed by atoms with Crippen LogP contribution >= 0.6 is 0 Å². The van der Waals surface area contributed by atoms with Crippen molar-refractivity contribution in [3.63, 3.8) is 0 Å². The quantitative estimate of drug-likeness (QED) is 0.111. The van der Waals surface area contributed by atoms with Crippen molar-refractivity contribution in [3.8, 4) is 35.2 Å². The molecule has 0 N–H and O–H groups in total. The molecule has 0 atom stereocenters. The van der Waals surface area contributed by atoms with Gasteiger partial charge in [0.2, 0.25) is 0 Å². The SMILES string of the molecule is CCCCOc1cc(F)c(C(F)(F)Oc2ccc(C#Cc3cc(F)c(C#Cc4cc(F)c(C(F)(F)F)c(F)c4)c(F)c3)cc2)c(F)c1. The number of ether oxygens (including phenoxy) is 2. The van der Waals surface area contributed by atoms with Gasteiger partial charge in [-0.15, -0.1) is 0 Å². The van der Waals surface area contributed by atoms with Gasteiger partial charge in [-0.25, -0.2) is 26.3 Å². The molecule has 13 heteroatoms. The molecule has 0 radical (unpaired) electrons. The first-order chi connectivity index (χ1) is 22.1. The molecule has 47 heavy (non-hydrogen) atoms. The lowest BCUT2D eigenvalue weighted by atomic mass is 10.1. The molecule has 0 aromatic heterocycles. The summed E-state index contributed by atoms with van der Waals surface area (Å²) in [4.78, 5) is 0. The molecule has 0 saturated carbocycles. The van der Waals surface area contributed by atoms with E-state index < -0.39 is 75.2 Å². The Bertz CT molecular complexity index is 1840. The Balaban J connectivity index is 1.48. The van der Waals surface area contributed by atoms with Gasteiger partial charge in [-0.05, 0) is 55.0 Å². The molecule has 0 heterocycles. The zero-order valence-electron chi connectivity index (χ0n) is 23.9. The fourth-order valence-corrected chi connectivity index (χ4v) is 4.01. The van der Waals surface area contributed by atoms with Gasteiger partial charge in [0.15, 0.2) is 0 Å². The Hall–Kier alpha value is -5.17. The Morgan fingerprint density at radius 1 is 0.553 bits per heavy atom. The van der Waals surface area contributed by atoms with E-state index in [0.717, 1.165) is 30.7 Å². The standard InChI is InChI=1S/C34H19F11O2/c1-2-3-12-46-23-17-29(39)32(30(40)18-23)34(44,45)47-22-9-6-19(7-10-22)4-5-20-13-25(35)24(26(36)14-20)11-8-21-15-27(37)31(28(38)16-21)33(41,42)43/h6-7,9-10,13-18H,2-3,12H2,1H3. The molecule has 0 spiro atoms. The first-order valence-electron chi connectivity index (χ1n) is 13.5. The zero-order chi connectivity index (χ0) is 34.5. The molecule has 2 nitrogen and oxygen atoms in total. The van der Waals surface area contributed by atoms with E-state index in [2.05, 4.69) is 16.6 Å². The van der Waals surface area contributed by atoms with Crippen LogP contribution in [0.2, 0.25) is 0 Å². The van der Waals surface area contributed by atoms with E-state index >= 15 is 0 Å². The summed E-state index contributed by atoms with van der Waals surface area (Å²) in [6, 6.07) is 7.70. The predicted molar refractivity (Wildman–Crippen MR) is 147 cm³/mol. The normalized spacial score (nSPS) is 11.3. The summed E-state index contributed by atoms with van der Waals surface area (Å²) in [6.07, 6.45) is -8.39. The van der Waals surface area contributed by atoms with Crippen LogP contribution in [0.5, 0.6) is 11.5 Å². The highest BCUT2D eigenvalue weighted by molar-refractivity contribution is 5.50. The van der Waals surface area contributed by atoms with Gasteiger partial charge < -0.3 is 9.47 Å². The molecule has 4 aromatic carbocycles. The Kier molecular flexibility index (Phi) is 10.4. The van der Waals surface area contributed by atoms with Crippen molar-refractivity contribution >= 4 is 0 Å². The second-order valence-corrected chi connectivity index (χ2v) is 9.73. The lowest BCUT2D eigenvalue weighted by Crippen LogP contribution is -2.25. The number of hydrogen-bond donors (Lipinski definition) is 0. The second kappa shape index (κ2) is 14.1. The van der Waals surface area contributed by atoms with Gasteiger partial charge in [0.25, 0.3) is 0 Å². The fraction of sp³-hybridized carbons (Fsp3) is 0.176. The molecule has 0 aliphatic carbocycles. The molecule has 0 saturated heterocycles. The van der Waals surface area contributed by atoms with E-state index in [1.165, 1.54) is 12.1 Å². The molecule has 0 bridgehead atoms. The van der Waals surface area contributed by atoms with E-state index in [4.69, 9.17) is 4.74 Å². The molecule has 0 aliphatic rings. The molecule has 4 aromatic rings. The number of halogens is 11. The van der Waals surface area contributed by atoms with Crippen molar-refractivity contribution in [2.75, 3.05) is 6.61 Å². The molecular formula is C34H19F11O2. The van der Waals surface area contributed by atoms with Crippen molar-refractivity contribution in [3.05, 3.63) is 129 Å². The third-order valence-corrected chi connectivity index (χ3v) is 6.22. The maximum atomic E-state index is 14.7. The highest BCUT2D eigenvalue weighted by Gasteiger charge is 2.41. The Labute approximate surface area is 260 Å². The van der Waals surface area contributed by atoms with Crippen LogP contribution in [0.4, 0.5) is 48.3 Å². The smallest absolute Gasteiger partial charge is 0.432 e. The zero-order valence-corrected chi connectivity index (χ0v) is 23.9. The fourth-order valence-electron chi connectivity index (χ4n) is 4.01. The summed E-state index contributed by atoms with van der Waals surface area (Å²) >= 11 is 0. The van der Waals surface area contributed by atoms with Crippen molar-refractivity contribution < 1.29 is 57.8 Å². The van der Waals surface area contributed by atoms with Crippen molar-refractivity contribution in [1.82, 2.24) is 0 Å². The van der Waals surface area contributed by atoms with Crippen molar-refractivity contribution in [2.45, 2.75) is 32.1 Å². The van der Waals surface area contributed by atoms with E-state index in [1.807, 2.05) is 18.8 Å². The van der Waals surface area contributed by atoms with Gasteiger partial charge in [0.05, 0.1) is 12.2 Å². The minimum Gasteiger partial charge on any atom is -0.493 e. The summed E-state index contributed by atoms with van der Waals surface area (Å²) in [5.74, 6) is -1.40. The van der Waals surface area contributed by atoms with Gasteiger partial charge in [-0.3, -0.25) is 0 Å². The third-order valence-electron chi connectivity index (χ3n) is 6.22. The molecule has 244 valence electrons. The highest BCUT2D eigenvalue weighted by Crippen LogP contribution is 2.37. The van der Waals surface area contributed by atoms with Gasteiger partial charge in [-0.2, -0.15) is 22.0 Å². The van der Waals surface area contributed by atoms with E-state index in [0.29, 0.717) is 18.6 Å². The van der Waals surface area contributed by atoms with Gasteiger partial charge in [0.1, 0.15) is 57.5 Å². The lowest BCUT2D eigenvalue weighted by molar-refractivity contribution is -0.189. The molecule has 0 unspecified atom stereocenters. The maximum Gasteiger partial charge on any atom is 0.432 e. The summed E-state index contributed by atoms with van der Waals surface area (Å²) in [7, 11) is 0. The Morgan fingerprint density at radius 2 is 1.02 bits per heavy atom. The summed E-state index contributed by atoms with van der Waals surface area (Å²) in [5, 5.41) is 0. The average molecular weight is 669 g/mol. The van der Waals surface area contributed by atoms with Crippen molar-refractivity contribution in [1.29, 1.82) is 0 Å². The maximum absolute atomic E-state index is 14.7. The minimum absolute atomic E-state index is 0.141. The van der Waals surface area contributed by atoms with Crippen molar-refractivity contribution in [2.24, 2.45) is 0 Å². The summed E-state index contributed by atoms with van der Waals surface area (Å²) < 4.78 is 163. The first kappa shape index (κ1) is 34.7. The summed E-state index contributed by atoms with van der Waals surface area (Å²) in [5.41, 5.74) is -5.28. The topological polar surface area (TPSA) is 18.5 Å². The average Bonchev–Trinajstić information content (AvgIpc) is 2.95. The van der Waals surface area contributed by atoms with Crippen LogP contribution in [0, 0.1) is 58.6 Å². The number of hydrogen-bond acceptors (Lipinski definition) is 2. The van der Waals surface area contributed by atoms with Crippen LogP contribution in [0.15, 0.2) is 60.7 Å². The molecule has 4 rings (SSSR count). The largest absolute Gasteiger partial charge is 0.493 e. The third kappa shape index (κ3) is 8.55. The number of unbranched alkanes of at least 4 members (excludes halogenated alkanes) is 1. The molecule has 0 aliphatic heterocycles. The van der Waals surface area contributed by atoms with E-state index in [-0.39, 0.29) is 35.6 Å². The van der Waals surface area contributed by atoms with Crippen LogP contribution in [0.1, 0.15) is 53.1 Å². The molecular weight excluding hydrogens is 649 g/mol. The van der Waals surface area contributed by atoms with Crippen LogP contribution in [0.25, 0.3) is 0 Å². The van der Waals surface area contributed by atoms with Crippen LogP contribution in [-0.2, 0) is 12.3 Å². The van der Waals surface area contributed by atoms with Crippen LogP contribution in [0.3, 0.4) is 0 Å². The minimum atomic E-state index is -5.31. The lowest BCUT2D eigenvalue weighted by Gasteiger charge is -2.20. The van der Waals surface area contributed by atoms with Gasteiger partial charge >= 0.3 is 12.3 Å². The van der Waals surface area contributed by atoms with E-state index in [9.17, 15) is 48.3 Å². The molecule has 0 amide bonds. The highest BCUT2D eigenvalue weighted by atomic mass is 19.4. The monoisotopic (exact) mass is 668 g/mol. The number of benzene rings is 4. The van der Waals surface area contributed by atoms with Gasteiger partial charge in [-0.1, -0.05) is 37.0 Å². The number of rotatable bonds is 7.